The minimum atomic E-state index is 0.741. The average Bonchev–Trinajstić information content (AvgIpc) is 2.48. The standard InChI is InChI=1S/C15H20N4/c1-13(18-8-2-7-16)14-3-5-15(6-4-14)19-11-9-17-10-12-19/h2-8,17H,1,9-12,16H2/b7-2-,18-8?. The Morgan fingerprint density at radius 1 is 1.26 bits per heavy atom. The van der Waals surface area contributed by atoms with E-state index in [0.717, 1.165) is 37.4 Å². The first-order valence-electron chi connectivity index (χ1n) is 6.47. The molecule has 0 unspecified atom stereocenters. The number of nitrogens with two attached hydrogens (primary N) is 1. The Balaban J connectivity index is 2.03. The van der Waals surface area contributed by atoms with Gasteiger partial charge in [0.05, 0.1) is 5.70 Å². The van der Waals surface area contributed by atoms with Crippen LogP contribution in [0.5, 0.6) is 0 Å². The molecule has 1 aromatic rings. The second-order valence-corrected chi connectivity index (χ2v) is 4.39. The van der Waals surface area contributed by atoms with Crippen LogP contribution in [-0.2, 0) is 0 Å². The molecule has 4 heteroatoms. The van der Waals surface area contributed by atoms with Gasteiger partial charge in [-0.3, -0.25) is 4.99 Å². The van der Waals surface area contributed by atoms with Crippen molar-refractivity contribution in [2.24, 2.45) is 10.7 Å². The first-order valence-corrected chi connectivity index (χ1v) is 6.47. The molecule has 0 spiro atoms. The van der Waals surface area contributed by atoms with Crippen LogP contribution in [0, 0.1) is 0 Å². The molecule has 1 aromatic carbocycles. The molecule has 0 radical (unpaired) electrons. The molecule has 0 saturated carbocycles. The molecule has 1 aliphatic rings. The highest BCUT2D eigenvalue weighted by molar-refractivity contribution is 5.79. The van der Waals surface area contributed by atoms with Gasteiger partial charge in [-0.1, -0.05) is 18.7 Å². The molecular weight excluding hydrogens is 236 g/mol. The summed E-state index contributed by atoms with van der Waals surface area (Å²) in [6.45, 7) is 8.14. The van der Waals surface area contributed by atoms with E-state index in [9.17, 15) is 0 Å². The maximum Gasteiger partial charge on any atom is 0.0630 e. The van der Waals surface area contributed by atoms with E-state index in [0.29, 0.717) is 0 Å². The molecule has 1 saturated heterocycles. The number of aliphatic imine (C=N–C) groups is 1. The third-order valence-corrected chi connectivity index (χ3v) is 3.11. The van der Waals surface area contributed by atoms with Crippen molar-refractivity contribution in [3.05, 3.63) is 48.7 Å². The van der Waals surface area contributed by atoms with Crippen molar-refractivity contribution in [3.63, 3.8) is 0 Å². The van der Waals surface area contributed by atoms with E-state index in [1.807, 2.05) is 0 Å². The number of anilines is 1. The quantitative estimate of drug-likeness (QED) is 0.805. The zero-order valence-electron chi connectivity index (χ0n) is 11.0. The molecular formula is C15H20N4. The number of nitrogens with one attached hydrogen (secondary N) is 1. The number of hydrogen-bond donors (Lipinski definition) is 2. The molecule has 1 aliphatic heterocycles. The third kappa shape index (κ3) is 3.69. The van der Waals surface area contributed by atoms with Gasteiger partial charge in [0.25, 0.3) is 0 Å². The number of allylic oxidation sites excluding steroid dienone is 1. The first-order chi connectivity index (χ1) is 9.31. The zero-order chi connectivity index (χ0) is 13.5. The van der Waals surface area contributed by atoms with Crippen LogP contribution >= 0.6 is 0 Å². The Bertz CT molecular complexity index is 467. The maximum absolute atomic E-state index is 5.24. The zero-order valence-corrected chi connectivity index (χ0v) is 11.0. The van der Waals surface area contributed by atoms with Gasteiger partial charge in [-0.25, -0.2) is 0 Å². The van der Waals surface area contributed by atoms with Crippen LogP contribution in [0.2, 0.25) is 0 Å². The molecule has 0 atom stereocenters. The monoisotopic (exact) mass is 256 g/mol. The molecule has 0 aromatic heterocycles. The van der Waals surface area contributed by atoms with Crippen LogP contribution in [0.1, 0.15) is 5.56 Å². The lowest BCUT2D eigenvalue weighted by molar-refractivity contribution is 0.589. The first kappa shape index (κ1) is 13.4. The summed E-state index contributed by atoms with van der Waals surface area (Å²) in [7, 11) is 0. The van der Waals surface area contributed by atoms with Crippen LogP contribution in [0.3, 0.4) is 0 Å². The van der Waals surface area contributed by atoms with E-state index >= 15 is 0 Å². The normalized spacial score (nSPS) is 16.3. The fourth-order valence-electron chi connectivity index (χ4n) is 2.04. The number of rotatable bonds is 4. The fourth-order valence-corrected chi connectivity index (χ4v) is 2.04. The molecule has 19 heavy (non-hydrogen) atoms. The highest BCUT2D eigenvalue weighted by Gasteiger charge is 2.09. The van der Waals surface area contributed by atoms with Crippen molar-refractivity contribution in [2.75, 3.05) is 31.1 Å². The highest BCUT2D eigenvalue weighted by Crippen LogP contribution is 2.20. The molecule has 1 fully saturated rings. The molecule has 2 rings (SSSR count). The van der Waals surface area contributed by atoms with Crippen molar-refractivity contribution >= 4 is 17.6 Å². The summed E-state index contributed by atoms with van der Waals surface area (Å²) < 4.78 is 0. The van der Waals surface area contributed by atoms with Gasteiger partial charge in [0.1, 0.15) is 0 Å². The Kier molecular flexibility index (Phi) is 4.75. The molecule has 0 bridgehead atoms. The van der Waals surface area contributed by atoms with E-state index in [-0.39, 0.29) is 0 Å². The van der Waals surface area contributed by atoms with Gasteiger partial charge >= 0.3 is 0 Å². The summed E-state index contributed by atoms with van der Waals surface area (Å²) in [5.74, 6) is 0. The summed E-state index contributed by atoms with van der Waals surface area (Å²) >= 11 is 0. The van der Waals surface area contributed by atoms with E-state index in [4.69, 9.17) is 5.73 Å². The third-order valence-electron chi connectivity index (χ3n) is 3.11. The topological polar surface area (TPSA) is 53.6 Å². The maximum atomic E-state index is 5.24. The average molecular weight is 256 g/mol. The van der Waals surface area contributed by atoms with Crippen LogP contribution < -0.4 is 16.0 Å². The fraction of sp³-hybridized carbons (Fsp3) is 0.267. The van der Waals surface area contributed by atoms with E-state index in [2.05, 4.69) is 46.1 Å². The summed E-state index contributed by atoms with van der Waals surface area (Å²) in [4.78, 5) is 6.59. The lowest BCUT2D eigenvalue weighted by atomic mass is 10.1. The Morgan fingerprint density at radius 3 is 2.58 bits per heavy atom. The molecule has 1 heterocycles. The molecule has 3 N–H and O–H groups in total. The minimum absolute atomic E-state index is 0.741. The number of piperazine rings is 1. The lowest BCUT2D eigenvalue weighted by Crippen LogP contribution is -2.43. The van der Waals surface area contributed by atoms with Gasteiger partial charge < -0.3 is 16.0 Å². The smallest absolute Gasteiger partial charge is 0.0630 e. The second-order valence-electron chi connectivity index (χ2n) is 4.39. The number of nitrogens with zero attached hydrogens (tertiary/aromatic N) is 2. The van der Waals surface area contributed by atoms with Gasteiger partial charge in [-0.15, -0.1) is 0 Å². The van der Waals surface area contributed by atoms with Crippen molar-refractivity contribution in [2.45, 2.75) is 0 Å². The molecule has 4 nitrogen and oxygen atoms in total. The largest absolute Gasteiger partial charge is 0.405 e. The van der Waals surface area contributed by atoms with Crippen LogP contribution in [0.25, 0.3) is 5.70 Å². The van der Waals surface area contributed by atoms with Crippen molar-refractivity contribution < 1.29 is 0 Å². The summed E-state index contributed by atoms with van der Waals surface area (Å²) in [6, 6.07) is 8.37. The van der Waals surface area contributed by atoms with Gasteiger partial charge in [0.15, 0.2) is 0 Å². The van der Waals surface area contributed by atoms with Crippen LogP contribution in [-0.4, -0.2) is 32.4 Å². The summed E-state index contributed by atoms with van der Waals surface area (Å²) in [5.41, 5.74) is 8.27. The summed E-state index contributed by atoms with van der Waals surface area (Å²) in [5, 5.41) is 3.35. The van der Waals surface area contributed by atoms with Crippen LogP contribution in [0.4, 0.5) is 5.69 Å². The van der Waals surface area contributed by atoms with E-state index in [1.165, 1.54) is 11.9 Å². The SMILES string of the molecule is C=C(N=C/C=C\N)c1ccc(N2CCNCC2)cc1. The Hall–Kier alpha value is -2.07. The van der Waals surface area contributed by atoms with Gasteiger partial charge in [0.2, 0.25) is 0 Å². The predicted octanol–water partition coefficient (Wildman–Crippen LogP) is 1.61. The van der Waals surface area contributed by atoms with E-state index in [1.54, 1.807) is 12.3 Å². The van der Waals surface area contributed by atoms with Crippen molar-refractivity contribution in [1.29, 1.82) is 0 Å². The highest BCUT2D eigenvalue weighted by atomic mass is 15.2. The van der Waals surface area contributed by atoms with Crippen molar-refractivity contribution in [1.82, 2.24) is 5.32 Å². The Labute approximate surface area is 114 Å². The second kappa shape index (κ2) is 6.75. The molecule has 0 aliphatic carbocycles. The van der Waals surface area contributed by atoms with Crippen molar-refractivity contribution in [3.8, 4) is 0 Å². The van der Waals surface area contributed by atoms with Crippen LogP contribution in [0.15, 0.2) is 48.1 Å². The molecule has 100 valence electrons. The van der Waals surface area contributed by atoms with Gasteiger partial charge in [0, 0.05) is 38.1 Å². The predicted molar refractivity (Wildman–Crippen MR) is 82.4 cm³/mol. The number of benzene rings is 1. The van der Waals surface area contributed by atoms with Gasteiger partial charge in [-0.2, -0.15) is 0 Å². The summed E-state index contributed by atoms with van der Waals surface area (Å²) in [6.07, 6.45) is 4.77. The van der Waals surface area contributed by atoms with Gasteiger partial charge in [-0.05, 0) is 30.0 Å². The minimum Gasteiger partial charge on any atom is -0.405 e. The number of hydrogen-bond acceptors (Lipinski definition) is 4. The Morgan fingerprint density at radius 2 is 1.95 bits per heavy atom. The van der Waals surface area contributed by atoms with E-state index < -0.39 is 0 Å². The lowest BCUT2D eigenvalue weighted by Gasteiger charge is -2.29. The molecule has 0 amide bonds.